The summed E-state index contributed by atoms with van der Waals surface area (Å²) in [7, 11) is 3.40. The molecule has 0 aromatic heterocycles. The lowest BCUT2D eigenvalue weighted by Gasteiger charge is -2.12. The summed E-state index contributed by atoms with van der Waals surface area (Å²) in [5.74, 6) is 1.37. The van der Waals surface area contributed by atoms with Crippen molar-refractivity contribution in [3.05, 3.63) is 65.5 Å². The highest BCUT2D eigenvalue weighted by Crippen LogP contribution is 2.13. The molecule has 136 valence electrons. The Morgan fingerprint density at radius 2 is 1.84 bits per heavy atom. The molecule has 0 atom stereocenters. The van der Waals surface area contributed by atoms with Crippen LogP contribution in [0.3, 0.4) is 0 Å². The summed E-state index contributed by atoms with van der Waals surface area (Å²) in [5.41, 5.74) is 2.13. The lowest BCUT2D eigenvalue weighted by Crippen LogP contribution is -2.37. The number of benzene rings is 2. The van der Waals surface area contributed by atoms with Gasteiger partial charge >= 0.3 is 0 Å². The Morgan fingerprint density at radius 3 is 2.56 bits per heavy atom. The molecule has 2 aromatic rings. The topological polar surface area (TPSA) is 45.7 Å². The van der Waals surface area contributed by atoms with Crippen molar-refractivity contribution >= 4 is 29.9 Å². The molecule has 0 bridgehead atoms. The Labute approximate surface area is 165 Å². The van der Waals surface area contributed by atoms with Crippen molar-refractivity contribution in [1.82, 2.24) is 10.6 Å². The van der Waals surface area contributed by atoms with E-state index in [0.29, 0.717) is 12.5 Å². The van der Waals surface area contributed by atoms with Crippen molar-refractivity contribution in [3.8, 4) is 5.75 Å². The Bertz CT molecular complexity index is 679. The van der Waals surface area contributed by atoms with Gasteiger partial charge in [0.2, 0.25) is 0 Å². The van der Waals surface area contributed by atoms with Gasteiger partial charge < -0.3 is 15.4 Å². The number of ether oxygens (including phenoxy) is 1. The van der Waals surface area contributed by atoms with Crippen LogP contribution in [-0.2, 0) is 13.0 Å². The minimum atomic E-state index is -0.226. The highest BCUT2D eigenvalue weighted by Gasteiger charge is 2.00. The maximum absolute atomic E-state index is 13.2. The molecule has 0 aliphatic heterocycles. The number of halogens is 2. The third-order valence-corrected chi connectivity index (χ3v) is 3.64. The molecule has 0 fully saturated rings. The van der Waals surface area contributed by atoms with Gasteiger partial charge in [-0.05, 0) is 48.2 Å². The third kappa shape index (κ3) is 7.72. The minimum Gasteiger partial charge on any atom is -0.497 e. The van der Waals surface area contributed by atoms with Gasteiger partial charge in [-0.2, -0.15) is 0 Å². The lowest BCUT2D eigenvalue weighted by molar-refractivity contribution is 0.414. The first-order chi connectivity index (χ1) is 11.7. The maximum atomic E-state index is 13.2. The fraction of sp³-hybridized carbons (Fsp3) is 0.316. The van der Waals surface area contributed by atoms with Gasteiger partial charge in [-0.1, -0.05) is 24.3 Å². The first kappa shape index (κ1) is 21.2. The first-order valence-corrected chi connectivity index (χ1v) is 8.03. The van der Waals surface area contributed by atoms with Crippen LogP contribution in [0.25, 0.3) is 0 Å². The number of methoxy groups -OCH3 is 1. The van der Waals surface area contributed by atoms with Gasteiger partial charge in [0.1, 0.15) is 11.6 Å². The SMILES string of the molecule is CN=C(NCCCc1cccc(OC)c1)NCc1cccc(F)c1.I. The van der Waals surface area contributed by atoms with E-state index in [9.17, 15) is 4.39 Å². The molecular formula is C19H25FIN3O. The summed E-state index contributed by atoms with van der Waals surface area (Å²) in [4.78, 5) is 4.18. The van der Waals surface area contributed by atoms with E-state index in [1.807, 2.05) is 18.2 Å². The molecule has 0 spiro atoms. The van der Waals surface area contributed by atoms with Crippen molar-refractivity contribution in [1.29, 1.82) is 0 Å². The van der Waals surface area contributed by atoms with Gasteiger partial charge in [0.15, 0.2) is 5.96 Å². The second-order valence-corrected chi connectivity index (χ2v) is 5.44. The fourth-order valence-electron chi connectivity index (χ4n) is 2.38. The molecule has 0 saturated carbocycles. The second-order valence-electron chi connectivity index (χ2n) is 5.44. The molecule has 0 heterocycles. The van der Waals surface area contributed by atoms with Gasteiger partial charge in [0.25, 0.3) is 0 Å². The summed E-state index contributed by atoms with van der Waals surface area (Å²) in [6, 6.07) is 14.6. The lowest BCUT2D eigenvalue weighted by atomic mass is 10.1. The Hall–Kier alpha value is -1.83. The Morgan fingerprint density at radius 1 is 1.08 bits per heavy atom. The molecule has 25 heavy (non-hydrogen) atoms. The molecule has 6 heteroatoms. The molecule has 2 rings (SSSR count). The molecule has 0 aliphatic carbocycles. The molecule has 2 aromatic carbocycles. The van der Waals surface area contributed by atoms with Crippen LogP contribution in [-0.4, -0.2) is 26.7 Å². The van der Waals surface area contributed by atoms with E-state index in [2.05, 4.69) is 27.8 Å². The summed E-state index contributed by atoms with van der Waals surface area (Å²) >= 11 is 0. The van der Waals surface area contributed by atoms with E-state index in [1.165, 1.54) is 17.7 Å². The summed E-state index contributed by atoms with van der Waals surface area (Å²) in [6.45, 7) is 1.34. The number of nitrogens with zero attached hydrogens (tertiary/aromatic N) is 1. The van der Waals surface area contributed by atoms with Crippen LogP contribution in [0, 0.1) is 5.82 Å². The van der Waals surface area contributed by atoms with Gasteiger partial charge in [0, 0.05) is 20.1 Å². The van der Waals surface area contributed by atoms with E-state index in [0.717, 1.165) is 30.7 Å². The smallest absolute Gasteiger partial charge is 0.191 e. The average Bonchev–Trinajstić information content (AvgIpc) is 2.61. The zero-order chi connectivity index (χ0) is 17.2. The largest absolute Gasteiger partial charge is 0.497 e. The van der Waals surface area contributed by atoms with E-state index in [-0.39, 0.29) is 29.8 Å². The first-order valence-electron chi connectivity index (χ1n) is 8.03. The van der Waals surface area contributed by atoms with E-state index < -0.39 is 0 Å². The van der Waals surface area contributed by atoms with Crippen molar-refractivity contribution in [2.24, 2.45) is 4.99 Å². The van der Waals surface area contributed by atoms with Crippen molar-refractivity contribution in [2.45, 2.75) is 19.4 Å². The third-order valence-electron chi connectivity index (χ3n) is 3.64. The quantitative estimate of drug-likeness (QED) is 0.288. The predicted octanol–water partition coefficient (Wildman–Crippen LogP) is 3.75. The number of rotatable bonds is 7. The van der Waals surface area contributed by atoms with Crippen LogP contribution in [0.15, 0.2) is 53.5 Å². The van der Waals surface area contributed by atoms with Gasteiger partial charge in [-0.25, -0.2) is 4.39 Å². The van der Waals surface area contributed by atoms with Crippen molar-refractivity contribution < 1.29 is 9.13 Å². The maximum Gasteiger partial charge on any atom is 0.191 e. The molecule has 2 N–H and O–H groups in total. The van der Waals surface area contributed by atoms with Crippen molar-refractivity contribution in [2.75, 3.05) is 20.7 Å². The van der Waals surface area contributed by atoms with E-state index in [4.69, 9.17) is 4.74 Å². The molecule has 0 amide bonds. The normalized spacial score (nSPS) is 10.8. The molecule has 0 unspecified atom stereocenters. The van der Waals surface area contributed by atoms with E-state index in [1.54, 1.807) is 20.2 Å². The highest BCUT2D eigenvalue weighted by molar-refractivity contribution is 14.0. The van der Waals surface area contributed by atoms with Crippen LogP contribution in [0.4, 0.5) is 4.39 Å². The standard InChI is InChI=1S/C19H24FN3O.HI/c1-21-19(23-14-16-7-3-9-17(20)12-16)22-11-5-8-15-6-4-10-18(13-15)24-2;/h3-4,6-7,9-10,12-13H,5,8,11,14H2,1-2H3,(H2,21,22,23);1H. The number of nitrogens with one attached hydrogen (secondary N) is 2. The summed E-state index contributed by atoms with van der Waals surface area (Å²) in [6.07, 6.45) is 1.94. The minimum absolute atomic E-state index is 0. The Balaban J connectivity index is 0.00000312. The average molecular weight is 457 g/mol. The van der Waals surface area contributed by atoms with Crippen LogP contribution in [0.2, 0.25) is 0 Å². The van der Waals surface area contributed by atoms with Gasteiger partial charge in [0.05, 0.1) is 7.11 Å². The van der Waals surface area contributed by atoms with E-state index >= 15 is 0 Å². The fourth-order valence-corrected chi connectivity index (χ4v) is 2.38. The zero-order valence-electron chi connectivity index (χ0n) is 14.6. The molecule has 0 radical (unpaired) electrons. The molecule has 0 saturated heterocycles. The number of aryl methyl sites for hydroxylation is 1. The summed E-state index contributed by atoms with van der Waals surface area (Å²) < 4.78 is 18.4. The predicted molar refractivity (Wildman–Crippen MR) is 111 cm³/mol. The number of hydrogen-bond acceptors (Lipinski definition) is 2. The van der Waals surface area contributed by atoms with Gasteiger partial charge in [-0.15, -0.1) is 24.0 Å². The van der Waals surface area contributed by atoms with Crippen molar-refractivity contribution in [3.63, 3.8) is 0 Å². The summed E-state index contributed by atoms with van der Waals surface area (Å²) in [5, 5.41) is 6.45. The van der Waals surface area contributed by atoms with Gasteiger partial charge in [-0.3, -0.25) is 4.99 Å². The van der Waals surface area contributed by atoms with Crippen LogP contribution >= 0.6 is 24.0 Å². The molecule has 4 nitrogen and oxygen atoms in total. The van der Waals surface area contributed by atoms with Crippen LogP contribution in [0.1, 0.15) is 17.5 Å². The second kappa shape index (κ2) is 11.7. The number of hydrogen-bond donors (Lipinski definition) is 2. The highest BCUT2D eigenvalue weighted by atomic mass is 127. The number of aliphatic imine (C=N–C) groups is 1. The molecule has 0 aliphatic rings. The molecular weight excluding hydrogens is 432 g/mol. The zero-order valence-corrected chi connectivity index (χ0v) is 16.9. The number of guanidine groups is 1. The monoisotopic (exact) mass is 457 g/mol. The van der Waals surface area contributed by atoms with Crippen LogP contribution in [0.5, 0.6) is 5.75 Å². The Kier molecular flexibility index (Phi) is 9.91. The van der Waals surface area contributed by atoms with Crippen LogP contribution < -0.4 is 15.4 Å².